The van der Waals surface area contributed by atoms with Gasteiger partial charge in [-0.25, -0.2) is 4.18 Å². The van der Waals surface area contributed by atoms with Crippen LogP contribution in [0.5, 0.6) is 0 Å². The minimum absolute atomic E-state index is 0.0225. The number of rotatable bonds is 42. The summed E-state index contributed by atoms with van der Waals surface area (Å²) in [6.45, 7) is 3.81. The van der Waals surface area contributed by atoms with Crippen molar-refractivity contribution in [1.82, 2.24) is 0 Å². The number of aliphatic hydroxyl groups is 3. The minimum atomic E-state index is -5.07. The Morgan fingerprint density at radius 2 is 1.08 bits per heavy atom. The number of unbranched alkanes of at least 4 members (excludes halogenated alkanes) is 17. The second-order valence-corrected chi connectivity index (χ2v) is 17.7. The van der Waals surface area contributed by atoms with Crippen LogP contribution in [0.2, 0.25) is 0 Å². The minimum Gasteiger partial charge on any atom is -0.457 e. The molecule has 1 aliphatic heterocycles. The Balaban J connectivity index is 2.38. The summed E-state index contributed by atoms with van der Waals surface area (Å²) in [6.07, 6.45) is 45.0. The molecule has 370 valence electrons. The lowest BCUT2D eigenvalue weighted by Gasteiger charge is -2.41. The van der Waals surface area contributed by atoms with Crippen LogP contribution in [-0.4, -0.2) is 97.5 Å². The van der Waals surface area contributed by atoms with Gasteiger partial charge in [0, 0.05) is 13.0 Å². The summed E-state index contributed by atoms with van der Waals surface area (Å²) < 4.78 is 59.2. The lowest BCUT2D eigenvalue weighted by molar-refractivity contribution is -0.301. The van der Waals surface area contributed by atoms with E-state index < -0.39 is 59.8 Å². The summed E-state index contributed by atoms with van der Waals surface area (Å²) in [6, 6.07) is 0. The predicted molar refractivity (Wildman–Crippen MR) is 257 cm³/mol. The first-order chi connectivity index (χ1) is 31.1. The van der Waals surface area contributed by atoms with Crippen LogP contribution in [0.3, 0.4) is 0 Å². The molecule has 0 saturated carbocycles. The summed E-state index contributed by atoms with van der Waals surface area (Å²) in [5.74, 6) is -0.418. The van der Waals surface area contributed by atoms with Gasteiger partial charge in [0.15, 0.2) is 6.29 Å². The molecule has 64 heavy (non-hydrogen) atoms. The van der Waals surface area contributed by atoms with E-state index in [9.17, 15) is 33.1 Å². The lowest BCUT2D eigenvalue weighted by Crippen LogP contribution is -2.60. The van der Waals surface area contributed by atoms with Crippen molar-refractivity contribution in [1.29, 1.82) is 0 Å². The lowest BCUT2D eigenvalue weighted by atomic mass is 9.99. The normalized spacial score (nSPS) is 20.4. The molecule has 12 nitrogen and oxygen atoms in total. The Bertz CT molecular complexity index is 1390. The fourth-order valence-corrected chi connectivity index (χ4v) is 7.61. The zero-order valence-electron chi connectivity index (χ0n) is 39.6. The zero-order valence-corrected chi connectivity index (χ0v) is 40.4. The second-order valence-electron chi connectivity index (χ2n) is 16.7. The molecule has 0 bridgehead atoms. The van der Waals surface area contributed by atoms with Crippen molar-refractivity contribution in [3.05, 3.63) is 72.9 Å². The highest BCUT2D eigenvalue weighted by Crippen LogP contribution is 2.26. The summed E-state index contributed by atoms with van der Waals surface area (Å²) in [7, 11) is -5.07. The largest absolute Gasteiger partial charge is 0.457 e. The Kier molecular flexibility index (Phi) is 39.0. The first-order valence-corrected chi connectivity index (χ1v) is 26.1. The molecule has 6 atom stereocenters. The van der Waals surface area contributed by atoms with Crippen molar-refractivity contribution in [2.45, 2.75) is 218 Å². The van der Waals surface area contributed by atoms with E-state index >= 15 is 0 Å². The summed E-state index contributed by atoms with van der Waals surface area (Å²) in [4.78, 5) is 12.9. The Morgan fingerprint density at radius 3 is 1.58 bits per heavy atom. The highest BCUT2D eigenvalue weighted by molar-refractivity contribution is 7.80. The number of esters is 1. The van der Waals surface area contributed by atoms with E-state index in [-0.39, 0.29) is 19.6 Å². The second kappa shape index (κ2) is 41.9. The molecule has 4 N–H and O–H groups in total. The first-order valence-electron chi connectivity index (χ1n) is 24.7. The van der Waals surface area contributed by atoms with Gasteiger partial charge >= 0.3 is 16.4 Å². The van der Waals surface area contributed by atoms with Gasteiger partial charge in [-0.15, -0.1) is 0 Å². The highest BCUT2D eigenvalue weighted by Gasteiger charge is 2.48. The maximum atomic E-state index is 12.9. The van der Waals surface area contributed by atoms with Crippen molar-refractivity contribution in [2.75, 3.05) is 26.4 Å². The molecule has 0 aliphatic carbocycles. The van der Waals surface area contributed by atoms with E-state index in [0.29, 0.717) is 13.0 Å². The number of hydrogen-bond donors (Lipinski definition) is 4. The summed E-state index contributed by atoms with van der Waals surface area (Å²) >= 11 is 0. The number of allylic oxidation sites excluding steroid dienone is 12. The average Bonchev–Trinajstić information content (AvgIpc) is 3.27. The van der Waals surface area contributed by atoms with Crippen LogP contribution in [0.15, 0.2) is 72.9 Å². The number of hydrogen-bond acceptors (Lipinski definition) is 11. The smallest absolute Gasteiger partial charge is 0.397 e. The third-order valence-corrected chi connectivity index (χ3v) is 11.3. The van der Waals surface area contributed by atoms with Crippen LogP contribution in [0.25, 0.3) is 0 Å². The van der Waals surface area contributed by atoms with Crippen LogP contribution in [0.1, 0.15) is 181 Å². The topological polar surface area (TPSA) is 178 Å². The molecule has 1 saturated heterocycles. The van der Waals surface area contributed by atoms with Crippen molar-refractivity contribution in [3.8, 4) is 0 Å². The molecule has 1 heterocycles. The maximum Gasteiger partial charge on any atom is 0.397 e. The zero-order chi connectivity index (χ0) is 46.8. The molecule has 1 fully saturated rings. The molecular weight excluding hydrogens is 837 g/mol. The molecule has 0 radical (unpaired) electrons. The molecule has 0 aromatic heterocycles. The Labute approximate surface area is 388 Å². The highest BCUT2D eigenvalue weighted by atomic mass is 32.3. The fraction of sp³-hybridized carbons (Fsp3) is 0.745. The van der Waals surface area contributed by atoms with E-state index in [1.54, 1.807) is 0 Å². The van der Waals surface area contributed by atoms with Crippen LogP contribution in [0.4, 0.5) is 0 Å². The monoisotopic (exact) mass is 925 g/mol. The van der Waals surface area contributed by atoms with Gasteiger partial charge < -0.3 is 34.3 Å². The van der Waals surface area contributed by atoms with E-state index in [1.807, 2.05) is 0 Å². The summed E-state index contributed by atoms with van der Waals surface area (Å²) in [5, 5.41) is 30.7. The molecule has 6 unspecified atom stereocenters. The van der Waals surface area contributed by atoms with Crippen molar-refractivity contribution in [3.63, 3.8) is 0 Å². The molecule has 13 heteroatoms. The number of aliphatic hydroxyl groups excluding tert-OH is 3. The van der Waals surface area contributed by atoms with Gasteiger partial charge in [0.1, 0.15) is 30.5 Å². The van der Waals surface area contributed by atoms with Crippen LogP contribution in [0, 0.1) is 0 Å². The molecule has 0 spiro atoms. The van der Waals surface area contributed by atoms with Crippen molar-refractivity contribution >= 4 is 16.4 Å². The fourth-order valence-electron chi connectivity index (χ4n) is 7.10. The molecular formula is C51H88O12S. The molecule has 1 aliphatic rings. The quantitative estimate of drug-likeness (QED) is 0.0197. The van der Waals surface area contributed by atoms with E-state index in [0.717, 1.165) is 96.3 Å². The third kappa shape index (κ3) is 34.8. The van der Waals surface area contributed by atoms with Crippen LogP contribution >= 0.6 is 0 Å². The SMILES string of the molecule is CC/C=C\C/C=C\C/C=C\C/C=C\CCCCCCCCCCCOCC(COC1OC(CO)C(O)C(OS(=O)(=O)O)C1O)OC(=O)CCCCCCC/C=C\C/C=C\CCCCC. The van der Waals surface area contributed by atoms with Crippen LogP contribution in [-0.2, 0) is 38.3 Å². The van der Waals surface area contributed by atoms with E-state index in [2.05, 4.69) is 90.9 Å². The Hall–Kier alpha value is -2.46. The number of carbonyl (C=O) groups excluding carboxylic acids is 1. The molecule has 0 aromatic rings. The van der Waals surface area contributed by atoms with Crippen LogP contribution < -0.4 is 0 Å². The van der Waals surface area contributed by atoms with E-state index in [1.165, 1.54) is 57.8 Å². The van der Waals surface area contributed by atoms with Crippen molar-refractivity contribution in [2.24, 2.45) is 0 Å². The van der Waals surface area contributed by atoms with Gasteiger partial charge in [-0.1, -0.05) is 164 Å². The molecule has 1 rings (SSSR count). The average molecular weight is 925 g/mol. The third-order valence-electron chi connectivity index (χ3n) is 10.8. The van der Waals surface area contributed by atoms with E-state index in [4.69, 9.17) is 18.9 Å². The molecule has 0 aromatic carbocycles. The molecule has 0 amide bonds. The summed E-state index contributed by atoms with van der Waals surface area (Å²) in [5.41, 5.74) is 0. The van der Waals surface area contributed by atoms with Gasteiger partial charge in [0.05, 0.1) is 19.8 Å². The van der Waals surface area contributed by atoms with Gasteiger partial charge in [0.2, 0.25) is 0 Å². The maximum absolute atomic E-state index is 12.9. The predicted octanol–water partition coefficient (Wildman–Crippen LogP) is 11.1. The Morgan fingerprint density at radius 1 is 0.609 bits per heavy atom. The first kappa shape index (κ1) is 59.6. The van der Waals surface area contributed by atoms with Gasteiger partial charge in [-0.2, -0.15) is 8.42 Å². The van der Waals surface area contributed by atoms with Crippen molar-refractivity contribution < 1.29 is 56.2 Å². The van der Waals surface area contributed by atoms with Gasteiger partial charge in [-0.05, 0) is 83.5 Å². The number of carbonyl (C=O) groups is 1. The number of ether oxygens (including phenoxy) is 4. The standard InChI is InChI=1S/C51H88O12S/c1-3-5-7-9-11-13-15-17-19-20-21-22-23-24-25-27-29-31-33-35-37-39-41-59-43-45(44-60-51-49(55)50(63-64(56,57)58)48(54)46(42-52)62-51)61-47(53)40-38-36-34-32-30-28-26-18-16-14-12-10-8-6-4-2/h5,7,11-14,17-19,21-22,26,45-46,48-52,54-55H,3-4,6,8-10,15-16,20,23-25,27-44H2,1-2H3,(H,56,57,58)/b7-5-,13-11-,14-12-,19-17-,22-21-,26-18-. The van der Waals surface area contributed by atoms with Gasteiger partial charge in [-0.3, -0.25) is 9.35 Å². The van der Waals surface area contributed by atoms with Gasteiger partial charge in [0.25, 0.3) is 0 Å².